The number of halogens is 2. The Morgan fingerprint density at radius 1 is 1.43 bits per heavy atom. The van der Waals surface area contributed by atoms with E-state index in [0.717, 1.165) is 48.3 Å². The second-order valence-electron chi connectivity index (χ2n) is 5.21. The summed E-state index contributed by atoms with van der Waals surface area (Å²) in [6.45, 7) is 2.39. The summed E-state index contributed by atoms with van der Waals surface area (Å²) >= 11 is 3.45. The average Bonchev–Trinajstić information content (AvgIpc) is 2.47. The van der Waals surface area contributed by atoms with Gasteiger partial charge in [0.15, 0.2) is 0 Å². The second-order valence-corrected chi connectivity index (χ2v) is 6.06. The fraction of sp³-hybridized carbons (Fsp3) is 0.533. The molecule has 4 nitrogen and oxygen atoms in total. The highest BCUT2D eigenvalue weighted by Crippen LogP contribution is 2.26. The summed E-state index contributed by atoms with van der Waals surface area (Å²) in [6, 6.07) is 5.77. The van der Waals surface area contributed by atoms with Crippen LogP contribution < -0.4 is 10.5 Å². The van der Waals surface area contributed by atoms with E-state index >= 15 is 0 Å². The van der Waals surface area contributed by atoms with Crippen LogP contribution in [0.25, 0.3) is 0 Å². The Kier molecular flexibility index (Phi) is 7.49. The number of nitrogens with two attached hydrogens (primary N) is 1. The molecule has 0 aliphatic carbocycles. The second kappa shape index (κ2) is 8.61. The first kappa shape index (κ1) is 18.3. The zero-order valence-corrected chi connectivity index (χ0v) is 14.6. The molecule has 1 aliphatic heterocycles. The molecule has 0 bridgehead atoms. The number of amides is 1. The predicted octanol–water partition coefficient (Wildman–Crippen LogP) is 2.62. The number of piperidine rings is 1. The Hall–Kier alpha value is -0.780. The maximum absolute atomic E-state index is 12.3. The number of carbonyl (C=O) groups excluding carboxylic acids is 1. The van der Waals surface area contributed by atoms with E-state index in [-0.39, 0.29) is 18.3 Å². The van der Waals surface area contributed by atoms with Crippen molar-refractivity contribution in [3.63, 3.8) is 0 Å². The third kappa shape index (κ3) is 4.87. The summed E-state index contributed by atoms with van der Waals surface area (Å²) in [4.78, 5) is 14.2. The van der Waals surface area contributed by atoms with E-state index in [1.807, 2.05) is 23.1 Å². The van der Waals surface area contributed by atoms with Gasteiger partial charge in [-0.15, -0.1) is 12.4 Å². The zero-order chi connectivity index (χ0) is 14.5. The lowest BCUT2D eigenvalue weighted by atomic mass is 9.96. The summed E-state index contributed by atoms with van der Waals surface area (Å²) in [5.41, 5.74) is 6.68. The van der Waals surface area contributed by atoms with E-state index in [4.69, 9.17) is 10.5 Å². The summed E-state index contributed by atoms with van der Waals surface area (Å²) in [7, 11) is 1.63. The number of hydrogen-bond acceptors (Lipinski definition) is 3. The predicted molar refractivity (Wildman–Crippen MR) is 90.0 cm³/mol. The molecule has 118 valence electrons. The minimum atomic E-state index is 0. The van der Waals surface area contributed by atoms with Gasteiger partial charge in [0.2, 0.25) is 5.91 Å². The van der Waals surface area contributed by atoms with Crippen LogP contribution in [-0.4, -0.2) is 37.6 Å². The number of rotatable bonds is 4. The summed E-state index contributed by atoms with van der Waals surface area (Å²) in [5, 5.41) is 0. The molecule has 1 heterocycles. The van der Waals surface area contributed by atoms with Crippen molar-refractivity contribution in [1.82, 2.24) is 4.90 Å². The molecule has 1 saturated heterocycles. The smallest absolute Gasteiger partial charge is 0.226 e. The van der Waals surface area contributed by atoms with E-state index in [9.17, 15) is 4.79 Å². The Morgan fingerprint density at radius 3 is 2.62 bits per heavy atom. The maximum atomic E-state index is 12.3. The van der Waals surface area contributed by atoms with Crippen molar-refractivity contribution in [2.45, 2.75) is 19.3 Å². The molecule has 0 atom stereocenters. The zero-order valence-electron chi connectivity index (χ0n) is 12.2. The first-order valence-electron chi connectivity index (χ1n) is 6.94. The van der Waals surface area contributed by atoms with Gasteiger partial charge in [-0.2, -0.15) is 0 Å². The van der Waals surface area contributed by atoms with Gasteiger partial charge < -0.3 is 15.4 Å². The van der Waals surface area contributed by atoms with E-state index in [0.29, 0.717) is 12.3 Å². The molecule has 0 spiro atoms. The van der Waals surface area contributed by atoms with Gasteiger partial charge in [-0.05, 0) is 58.9 Å². The van der Waals surface area contributed by atoms with Crippen LogP contribution in [0.1, 0.15) is 18.4 Å². The van der Waals surface area contributed by atoms with Crippen LogP contribution in [0.4, 0.5) is 0 Å². The highest BCUT2D eigenvalue weighted by atomic mass is 79.9. The van der Waals surface area contributed by atoms with Gasteiger partial charge in [0.25, 0.3) is 0 Å². The molecule has 2 rings (SSSR count). The number of carbonyl (C=O) groups is 1. The fourth-order valence-electron chi connectivity index (χ4n) is 2.52. The minimum absolute atomic E-state index is 0. The minimum Gasteiger partial charge on any atom is -0.496 e. The standard InChI is InChI=1S/C15H21BrN2O2.ClH/c1-20-14-3-2-12(8-13(14)16)9-15(19)18-6-4-11(10-17)5-7-18;/h2-3,8,11H,4-7,9-10,17H2,1H3;1H. The van der Waals surface area contributed by atoms with Gasteiger partial charge in [-0.3, -0.25) is 4.79 Å². The third-order valence-corrected chi connectivity index (χ3v) is 4.49. The van der Waals surface area contributed by atoms with E-state index in [1.165, 1.54) is 0 Å². The molecular formula is C15H22BrClN2O2. The molecule has 0 radical (unpaired) electrons. The fourth-order valence-corrected chi connectivity index (χ4v) is 3.11. The Morgan fingerprint density at radius 2 is 2.10 bits per heavy atom. The van der Waals surface area contributed by atoms with E-state index < -0.39 is 0 Å². The molecule has 6 heteroatoms. The number of benzene rings is 1. The van der Waals surface area contributed by atoms with Crippen molar-refractivity contribution in [1.29, 1.82) is 0 Å². The van der Waals surface area contributed by atoms with Crippen LogP contribution in [-0.2, 0) is 11.2 Å². The normalized spacial score (nSPS) is 15.5. The summed E-state index contributed by atoms with van der Waals surface area (Å²) in [5.74, 6) is 1.55. The molecule has 0 unspecified atom stereocenters. The first-order chi connectivity index (χ1) is 9.63. The van der Waals surface area contributed by atoms with Crippen LogP contribution in [0.15, 0.2) is 22.7 Å². The Bertz CT molecular complexity index is 477. The highest BCUT2D eigenvalue weighted by Gasteiger charge is 2.22. The molecule has 2 N–H and O–H groups in total. The lowest BCUT2D eigenvalue weighted by Gasteiger charge is -2.31. The van der Waals surface area contributed by atoms with Crippen LogP contribution >= 0.6 is 28.3 Å². The molecular weight excluding hydrogens is 356 g/mol. The highest BCUT2D eigenvalue weighted by molar-refractivity contribution is 9.10. The topological polar surface area (TPSA) is 55.6 Å². The lowest BCUT2D eigenvalue weighted by molar-refractivity contribution is -0.131. The Labute approximate surface area is 140 Å². The van der Waals surface area contributed by atoms with Crippen molar-refractivity contribution < 1.29 is 9.53 Å². The number of hydrogen-bond donors (Lipinski definition) is 1. The van der Waals surface area contributed by atoms with Gasteiger partial charge in [0.1, 0.15) is 5.75 Å². The third-order valence-electron chi connectivity index (χ3n) is 3.87. The van der Waals surface area contributed by atoms with Gasteiger partial charge in [0, 0.05) is 13.1 Å². The van der Waals surface area contributed by atoms with E-state index in [2.05, 4.69) is 15.9 Å². The number of ether oxygens (including phenoxy) is 1. The molecule has 1 amide bonds. The first-order valence-corrected chi connectivity index (χ1v) is 7.73. The van der Waals surface area contributed by atoms with Gasteiger partial charge >= 0.3 is 0 Å². The van der Waals surface area contributed by atoms with Crippen molar-refractivity contribution in [3.8, 4) is 5.75 Å². The van der Waals surface area contributed by atoms with Crippen LogP contribution in [0.3, 0.4) is 0 Å². The van der Waals surface area contributed by atoms with Gasteiger partial charge in [-0.1, -0.05) is 6.07 Å². The average molecular weight is 378 g/mol. The van der Waals surface area contributed by atoms with Crippen LogP contribution in [0.5, 0.6) is 5.75 Å². The van der Waals surface area contributed by atoms with Gasteiger partial charge in [-0.25, -0.2) is 0 Å². The van der Waals surface area contributed by atoms with Crippen LogP contribution in [0, 0.1) is 5.92 Å². The number of likely N-dealkylation sites (tertiary alicyclic amines) is 1. The lowest BCUT2D eigenvalue weighted by Crippen LogP contribution is -2.40. The molecule has 1 aliphatic rings. The molecule has 0 saturated carbocycles. The molecule has 21 heavy (non-hydrogen) atoms. The molecule has 1 aromatic rings. The molecule has 0 aromatic heterocycles. The van der Waals surface area contributed by atoms with E-state index in [1.54, 1.807) is 7.11 Å². The van der Waals surface area contributed by atoms with Crippen LogP contribution in [0.2, 0.25) is 0 Å². The van der Waals surface area contributed by atoms with Crippen molar-refractivity contribution >= 4 is 34.2 Å². The number of methoxy groups -OCH3 is 1. The quantitative estimate of drug-likeness (QED) is 0.877. The summed E-state index contributed by atoms with van der Waals surface area (Å²) < 4.78 is 6.07. The molecule has 1 fully saturated rings. The SMILES string of the molecule is COc1ccc(CC(=O)N2CCC(CN)CC2)cc1Br.Cl. The summed E-state index contributed by atoms with van der Waals surface area (Å²) in [6.07, 6.45) is 2.49. The molecule has 1 aromatic carbocycles. The Balaban J connectivity index is 0.00000220. The number of nitrogens with zero attached hydrogens (tertiary/aromatic N) is 1. The monoisotopic (exact) mass is 376 g/mol. The van der Waals surface area contributed by atoms with Crippen molar-refractivity contribution in [3.05, 3.63) is 28.2 Å². The maximum Gasteiger partial charge on any atom is 0.226 e. The van der Waals surface area contributed by atoms with Crippen molar-refractivity contribution in [2.24, 2.45) is 11.7 Å². The van der Waals surface area contributed by atoms with Gasteiger partial charge in [0.05, 0.1) is 18.0 Å². The largest absolute Gasteiger partial charge is 0.496 e. The van der Waals surface area contributed by atoms with Crippen molar-refractivity contribution in [2.75, 3.05) is 26.7 Å².